The van der Waals surface area contributed by atoms with Crippen molar-refractivity contribution in [3.63, 3.8) is 0 Å². The molecule has 3 aromatic rings. The molecular formula is C30H39N3O4Si. The van der Waals surface area contributed by atoms with Crippen molar-refractivity contribution >= 4 is 25.4 Å². The van der Waals surface area contributed by atoms with E-state index in [0.29, 0.717) is 0 Å². The molecule has 0 bridgehead atoms. The van der Waals surface area contributed by atoms with Gasteiger partial charge in [-0.15, -0.1) is 0 Å². The van der Waals surface area contributed by atoms with Gasteiger partial charge in [0.15, 0.2) is 20.3 Å². The Morgan fingerprint density at radius 2 is 1.82 bits per heavy atom. The zero-order valence-electron chi connectivity index (χ0n) is 23.1. The van der Waals surface area contributed by atoms with Crippen molar-refractivity contribution in [2.24, 2.45) is 0 Å². The topological polar surface area (TPSA) is 67.6 Å². The summed E-state index contributed by atoms with van der Waals surface area (Å²) in [6.07, 6.45) is 6.09. The zero-order chi connectivity index (χ0) is 26.7. The SMILES string of the molecule is C=Cc1ncnc2c1ccn2[C@@H]1O[C@H]([C@H](O[Si](CC)(CC)CC)c2ccc3c(c2)CC3)[C@H]2OC(C)(C)O[C@H]21. The van der Waals surface area contributed by atoms with Crippen molar-refractivity contribution in [3.8, 4) is 0 Å². The number of hydrogen-bond donors (Lipinski definition) is 0. The van der Waals surface area contributed by atoms with E-state index in [0.717, 1.165) is 47.7 Å². The van der Waals surface area contributed by atoms with E-state index in [2.05, 4.69) is 60.1 Å². The molecule has 2 fully saturated rings. The van der Waals surface area contributed by atoms with Crippen LogP contribution in [0.3, 0.4) is 0 Å². The highest BCUT2D eigenvalue weighted by atomic mass is 28.4. The van der Waals surface area contributed by atoms with E-state index in [1.54, 1.807) is 12.4 Å². The Morgan fingerprint density at radius 3 is 2.47 bits per heavy atom. The molecule has 4 heterocycles. The molecule has 1 aliphatic carbocycles. The lowest BCUT2D eigenvalue weighted by Crippen LogP contribution is -2.43. The highest BCUT2D eigenvalue weighted by Crippen LogP contribution is 2.49. The maximum atomic E-state index is 7.27. The van der Waals surface area contributed by atoms with Gasteiger partial charge in [-0.1, -0.05) is 45.5 Å². The molecule has 0 spiro atoms. The quantitative estimate of drug-likeness (QED) is 0.299. The molecule has 2 aliphatic heterocycles. The summed E-state index contributed by atoms with van der Waals surface area (Å²) in [4.78, 5) is 8.98. The first kappa shape index (κ1) is 25.9. The number of aryl methyl sites for hydroxylation is 2. The molecule has 7 nitrogen and oxygen atoms in total. The van der Waals surface area contributed by atoms with E-state index in [-0.39, 0.29) is 24.4 Å². The molecule has 2 aromatic heterocycles. The highest BCUT2D eigenvalue weighted by molar-refractivity contribution is 6.73. The van der Waals surface area contributed by atoms with Crippen LogP contribution in [-0.2, 0) is 31.5 Å². The summed E-state index contributed by atoms with van der Waals surface area (Å²) < 4.78 is 29.4. The van der Waals surface area contributed by atoms with Crippen LogP contribution < -0.4 is 0 Å². The number of benzene rings is 1. The number of ether oxygens (including phenoxy) is 3. The summed E-state index contributed by atoms with van der Waals surface area (Å²) in [6, 6.07) is 12.1. The second-order valence-corrected chi connectivity index (χ2v) is 16.0. The Bertz CT molecular complexity index is 1340. The summed E-state index contributed by atoms with van der Waals surface area (Å²) in [5.41, 5.74) is 5.65. The molecule has 0 saturated carbocycles. The van der Waals surface area contributed by atoms with Gasteiger partial charge in [0.2, 0.25) is 0 Å². The molecule has 5 atom stereocenters. The third-order valence-electron chi connectivity index (χ3n) is 8.90. The van der Waals surface area contributed by atoms with Crippen LogP contribution in [-0.4, -0.2) is 47.0 Å². The van der Waals surface area contributed by atoms with Crippen LogP contribution in [0.1, 0.15) is 69.3 Å². The Balaban J connectivity index is 1.44. The van der Waals surface area contributed by atoms with Crippen LogP contribution in [0.2, 0.25) is 18.1 Å². The van der Waals surface area contributed by atoms with Gasteiger partial charge in [0.25, 0.3) is 0 Å². The van der Waals surface area contributed by atoms with Crippen molar-refractivity contribution < 1.29 is 18.6 Å². The Labute approximate surface area is 226 Å². The summed E-state index contributed by atoms with van der Waals surface area (Å²) in [5.74, 6) is -0.723. The fourth-order valence-corrected chi connectivity index (χ4v) is 9.23. The van der Waals surface area contributed by atoms with E-state index in [9.17, 15) is 0 Å². The summed E-state index contributed by atoms with van der Waals surface area (Å²) in [6.45, 7) is 14.7. The van der Waals surface area contributed by atoms with E-state index in [1.165, 1.54) is 16.7 Å². The molecule has 0 unspecified atom stereocenters. The third kappa shape index (κ3) is 4.18. The van der Waals surface area contributed by atoms with E-state index < -0.39 is 20.3 Å². The van der Waals surface area contributed by atoms with Crippen molar-refractivity contribution in [1.82, 2.24) is 14.5 Å². The van der Waals surface area contributed by atoms with Gasteiger partial charge < -0.3 is 23.2 Å². The van der Waals surface area contributed by atoms with Gasteiger partial charge in [-0.25, -0.2) is 9.97 Å². The largest absolute Gasteiger partial charge is 0.407 e. The van der Waals surface area contributed by atoms with Gasteiger partial charge in [-0.05, 0) is 73.7 Å². The molecule has 0 N–H and O–H groups in total. The predicted molar refractivity (Wildman–Crippen MR) is 150 cm³/mol. The van der Waals surface area contributed by atoms with Gasteiger partial charge in [0.1, 0.15) is 30.3 Å². The monoisotopic (exact) mass is 533 g/mol. The smallest absolute Gasteiger partial charge is 0.193 e. The normalized spacial score (nSPS) is 26.7. The maximum absolute atomic E-state index is 7.27. The van der Waals surface area contributed by atoms with Gasteiger partial charge in [0.05, 0.1) is 11.8 Å². The van der Waals surface area contributed by atoms with Crippen LogP contribution in [0.25, 0.3) is 17.1 Å². The number of aromatic nitrogens is 3. The second kappa shape index (κ2) is 9.68. The summed E-state index contributed by atoms with van der Waals surface area (Å²) in [5, 5.41) is 0.939. The molecule has 3 aliphatic rings. The molecule has 1 aromatic carbocycles. The predicted octanol–water partition coefficient (Wildman–Crippen LogP) is 6.35. The van der Waals surface area contributed by atoms with Crippen molar-refractivity contribution in [2.75, 3.05) is 0 Å². The van der Waals surface area contributed by atoms with Crippen LogP contribution in [0.15, 0.2) is 43.4 Å². The standard InChI is InChI=1S/C30H39N3O4Si/c1-7-23-22-15-16-33(28(22)32-18-31-23)29-27-26(35-30(5,6)36-27)25(34-29)24(37-38(8-2,9-3)10-4)21-14-12-19-11-13-20(19)17-21/h7,12,14-18,24-27,29H,1,8-11,13H2,2-6H3/t24-,25-,26-,27-,29-/m1/s1. The Kier molecular flexibility index (Phi) is 6.59. The highest BCUT2D eigenvalue weighted by Gasteiger charge is 2.59. The van der Waals surface area contributed by atoms with Gasteiger partial charge in [-0.3, -0.25) is 0 Å². The van der Waals surface area contributed by atoms with E-state index in [1.807, 2.05) is 26.1 Å². The van der Waals surface area contributed by atoms with Crippen molar-refractivity contribution in [3.05, 3.63) is 65.8 Å². The summed E-state index contributed by atoms with van der Waals surface area (Å²) >= 11 is 0. The number of hydrogen-bond acceptors (Lipinski definition) is 6. The van der Waals surface area contributed by atoms with Crippen LogP contribution in [0, 0.1) is 0 Å². The lowest BCUT2D eigenvalue weighted by molar-refractivity contribution is -0.206. The fraction of sp³-hybridized carbons (Fsp3) is 0.533. The first-order valence-corrected chi connectivity index (χ1v) is 16.6. The fourth-order valence-electron chi connectivity index (χ4n) is 6.42. The molecule has 6 rings (SSSR count). The maximum Gasteiger partial charge on any atom is 0.193 e. The lowest BCUT2D eigenvalue weighted by Gasteiger charge is -2.38. The average Bonchev–Trinajstić information content (AvgIpc) is 3.57. The van der Waals surface area contributed by atoms with Gasteiger partial charge >= 0.3 is 0 Å². The Hall–Kier alpha value is -2.36. The third-order valence-corrected chi connectivity index (χ3v) is 13.5. The number of rotatable bonds is 9. The Morgan fingerprint density at radius 1 is 1.08 bits per heavy atom. The molecule has 38 heavy (non-hydrogen) atoms. The molecule has 8 heteroatoms. The summed E-state index contributed by atoms with van der Waals surface area (Å²) in [7, 11) is -1.98. The minimum absolute atomic E-state index is 0.234. The number of nitrogens with zero attached hydrogens (tertiary/aromatic N) is 3. The van der Waals surface area contributed by atoms with Crippen molar-refractivity contribution in [2.45, 2.75) is 102 Å². The first-order chi connectivity index (χ1) is 18.3. The molecule has 202 valence electrons. The first-order valence-electron chi connectivity index (χ1n) is 14.1. The average molecular weight is 534 g/mol. The molecule has 0 amide bonds. The molecule has 0 radical (unpaired) electrons. The van der Waals surface area contributed by atoms with Crippen LogP contribution >= 0.6 is 0 Å². The van der Waals surface area contributed by atoms with Crippen LogP contribution in [0.4, 0.5) is 0 Å². The second-order valence-electron chi connectivity index (χ2n) is 11.3. The van der Waals surface area contributed by atoms with Crippen molar-refractivity contribution in [1.29, 1.82) is 0 Å². The van der Waals surface area contributed by atoms with Gasteiger partial charge in [0, 0.05) is 11.6 Å². The van der Waals surface area contributed by atoms with E-state index in [4.69, 9.17) is 18.6 Å². The van der Waals surface area contributed by atoms with Gasteiger partial charge in [-0.2, -0.15) is 0 Å². The minimum Gasteiger partial charge on any atom is -0.407 e. The molecular weight excluding hydrogens is 494 g/mol. The molecule has 2 saturated heterocycles. The number of fused-ring (bicyclic) bond motifs is 3. The van der Waals surface area contributed by atoms with Crippen LogP contribution in [0.5, 0.6) is 0 Å². The van der Waals surface area contributed by atoms with E-state index >= 15 is 0 Å². The zero-order valence-corrected chi connectivity index (χ0v) is 24.1. The lowest BCUT2D eigenvalue weighted by atomic mass is 9.85. The minimum atomic E-state index is -1.98.